The van der Waals surface area contributed by atoms with Gasteiger partial charge in [0, 0.05) is 13.2 Å². The first kappa shape index (κ1) is 14.7. The molecule has 1 aromatic rings. The van der Waals surface area contributed by atoms with Crippen molar-refractivity contribution in [3.05, 3.63) is 35.9 Å². The first-order valence-corrected chi connectivity index (χ1v) is 6.18. The maximum atomic E-state index is 11.1. The van der Waals surface area contributed by atoms with E-state index in [0.29, 0.717) is 6.61 Å². The number of nitrogens with one attached hydrogen (secondary N) is 1. The van der Waals surface area contributed by atoms with E-state index in [9.17, 15) is 4.79 Å². The van der Waals surface area contributed by atoms with E-state index in [-0.39, 0.29) is 5.97 Å². The van der Waals surface area contributed by atoms with E-state index in [1.165, 1.54) is 12.7 Å². The van der Waals surface area contributed by atoms with Gasteiger partial charge in [-0.1, -0.05) is 30.3 Å². The van der Waals surface area contributed by atoms with Gasteiger partial charge in [0.05, 0.1) is 7.11 Å². The summed E-state index contributed by atoms with van der Waals surface area (Å²) in [4.78, 5) is 11.1. The monoisotopic (exact) mass is 251 g/mol. The van der Waals surface area contributed by atoms with Crippen LogP contribution in [0.3, 0.4) is 0 Å². The molecule has 0 fully saturated rings. The average Bonchev–Trinajstić information content (AvgIpc) is 2.42. The molecule has 1 atom stereocenters. The Balaban J connectivity index is 2.01. The van der Waals surface area contributed by atoms with Gasteiger partial charge in [-0.2, -0.15) is 0 Å². The normalized spacial score (nSPS) is 12.1. The van der Waals surface area contributed by atoms with Crippen molar-refractivity contribution >= 4 is 5.97 Å². The Labute approximate surface area is 108 Å². The summed E-state index contributed by atoms with van der Waals surface area (Å²) in [7, 11) is 1.36. The van der Waals surface area contributed by atoms with Crippen molar-refractivity contribution in [1.82, 2.24) is 5.32 Å². The molecule has 1 aromatic carbocycles. The van der Waals surface area contributed by atoms with Crippen LogP contribution in [0, 0.1) is 0 Å². The van der Waals surface area contributed by atoms with E-state index in [4.69, 9.17) is 4.74 Å². The Hall–Kier alpha value is -1.39. The minimum Gasteiger partial charge on any atom is -0.467 e. The van der Waals surface area contributed by atoms with Crippen molar-refractivity contribution in [2.45, 2.75) is 26.0 Å². The number of ether oxygens (including phenoxy) is 2. The number of carbonyl (C=O) groups is 1. The molecule has 4 nitrogen and oxygen atoms in total. The van der Waals surface area contributed by atoms with Crippen LogP contribution >= 0.6 is 0 Å². The van der Waals surface area contributed by atoms with Gasteiger partial charge in [0.2, 0.25) is 0 Å². The summed E-state index contributed by atoms with van der Waals surface area (Å²) in [6.45, 7) is 3.97. The molecule has 0 heterocycles. The van der Waals surface area contributed by atoms with Gasteiger partial charge < -0.3 is 14.8 Å². The van der Waals surface area contributed by atoms with Crippen LogP contribution in [0.2, 0.25) is 0 Å². The summed E-state index contributed by atoms with van der Waals surface area (Å²) in [5, 5.41) is 3.32. The fourth-order valence-electron chi connectivity index (χ4n) is 1.52. The maximum absolute atomic E-state index is 11.1. The molecule has 1 rings (SSSR count). The number of rotatable bonds is 8. The Morgan fingerprint density at radius 1 is 1.33 bits per heavy atom. The maximum Gasteiger partial charge on any atom is 0.334 e. The summed E-state index contributed by atoms with van der Waals surface area (Å²) in [5.41, 5.74) is 1.27. The number of esters is 1. The smallest absolute Gasteiger partial charge is 0.334 e. The van der Waals surface area contributed by atoms with Crippen molar-refractivity contribution in [2.75, 3.05) is 20.3 Å². The molecule has 0 aliphatic carbocycles. The van der Waals surface area contributed by atoms with Crippen molar-refractivity contribution in [3.8, 4) is 0 Å². The Bertz CT molecular complexity index is 340. The van der Waals surface area contributed by atoms with Gasteiger partial charge in [0.1, 0.15) is 0 Å². The standard InChI is InChI=1S/C14H21NO3/c1-12(14(16)17-2)18-10-6-9-15-11-13-7-4-3-5-8-13/h3-5,7-8,12,15H,6,9-11H2,1-2H3. The number of hydrogen-bond acceptors (Lipinski definition) is 4. The van der Waals surface area contributed by atoms with Crippen LogP contribution in [0.1, 0.15) is 18.9 Å². The van der Waals surface area contributed by atoms with Gasteiger partial charge in [0.25, 0.3) is 0 Å². The van der Waals surface area contributed by atoms with E-state index in [1.807, 2.05) is 18.2 Å². The number of hydrogen-bond donors (Lipinski definition) is 1. The molecule has 1 unspecified atom stereocenters. The molecule has 0 saturated heterocycles. The van der Waals surface area contributed by atoms with Crippen molar-refractivity contribution in [1.29, 1.82) is 0 Å². The van der Waals surface area contributed by atoms with Gasteiger partial charge in [-0.05, 0) is 25.5 Å². The lowest BCUT2D eigenvalue weighted by atomic mass is 10.2. The second-order valence-electron chi connectivity index (χ2n) is 4.05. The zero-order chi connectivity index (χ0) is 13.2. The van der Waals surface area contributed by atoms with E-state index in [0.717, 1.165) is 19.5 Å². The molecule has 1 N–H and O–H groups in total. The van der Waals surface area contributed by atoms with Gasteiger partial charge in [-0.3, -0.25) is 0 Å². The SMILES string of the molecule is COC(=O)C(C)OCCCNCc1ccccc1. The second-order valence-corrected chi connectivity index (χ2v) is 4.05. The van der Waals surface area contributed by atoms with Crippen LogP contribution in [0.25, 0.3) is 0 Å². The first-order valence-electron chi connectivity index (χ1n) is 6.18. The molecule has 100 valence electrons. The molecule has 0 aromatic heterocycles. The van der Waals surface area contributed by atoms with Gasteiger partial charge in [0.15, 0.2) is 6.10 Å². The predicted molar refractivity (Wildman–Crippen MR) is 70.2 cm³/mol. The number of benzene rings is 1. The quantitative estimate of drug-likeness (QED) is 0.565. The third kappa shape index (κ3) is 5.80. The summed E-state index contributed by atoms with van der Waals surface area (Å²) in [6, 6.07) is 10.2. The first-order chi connectivity index (χ1) is 8.74. The minimum absolute atomic E-state index is 0.327. The summed E-state index contributed by atoms with van der Waals surface area (Å²) in [6.07, 6.45) is 0.387. The van der Waals surface area contributed by atoms with Gasteiger partial charge in [-0.15, -0.1) is 0 Å². The Morgan fingerprint density at radius 3 is 2.72 bits per heavy atom. The van der Waals surface area contributed by atoms with Crippen LogP contribution < -0.4 is 5.32 Å². The Morgan fingerprint density at radius 2 is 2.06 bits per heavy atom. The molecule has 0 aliphatic heterocycles. The number of methoxy groups -OCH3 is 1. The van der Waals surface area contributed by atoms with Crippen molar-refractivity contribution in [3.63, 3.8) is 0 Å². The van der Waals surface area contributed by atoms with E-state index < -0.39 is 6.10 Å². The zero-order valence-electron chi connectivity index (χ0n) is 11.0. The van der Waals surface area contributed by atoms with Gasteiger partial charge >= 0.3 is 5.97 Å². The molecule has 0 spiro atoms. The van der Waals surface area contributed by atoms with Crippen LogP contribution in [0.15, 0.2) is 30.3 Å². The fraction of sp³-hybridized carbons (Fsp3) is 0.500. The lowest BCUT2D eigenvalue weighted by molar-refractivity contribution is -0.152. The highest BCUT2D eigenvalue weighted by molar-refractivity contribution is 5.73. The third-order valence-electron chi connectivity index (χ3n) is 2.57. The third-order valence-corrected chi connectivity index (χ3v) is 2.57. The lowest BCUT2D eigenvalue weighted by Crippen LogP contribution is -2.24. The summed E-state index contributed by atoms with van der Waals surface area (Å²) in [5.74, 6) is -0.327. The average molecular weight is 251 g/mol. The molecule has 0 radical (unpaired) electrons. The molecule has 0 bridgehead atoms. The molecular formula is C14H21NO3. The zero-order valence-corrected chi connectivity index (χ0v) is 11.0. The highest BCUT2D eigenvalue weighted by atomic mass is 16.6. The number of carbonyl (C=O) groups excluding carboxylic acids is 1. The highest BCUT2D eigenvalue weighted by Crippen LogP contribution is 1.98. The lowest BCUT2D eigenvalue weighted by Gasteiger charge is -2.10. The predicted octanol–water partition coefficient (Wildman–Crippen LogP) is 1.74. The van der Waals surface area contributed by atoms with Crippen LogP contribution in [-0.4, -0.2) is 32.3 Å². The molecule has 0 aliphatic rings. The van der Waals surface area contributed by atoms with E-state index >= 15 is 0 Å². The van der Waals surface area contributed by atoms with Crippen molar-refractivity contribution in [2.24, 2.45) is 0 Å². The van der Waals surface area contributed by atoms with Crippen LogP contribution in [-0.2, 0) is 20.8 Å². The molecule has 18 heavy (non-hydrogen) atoms. The van der Waals surface area contributed by atoms with E-state index in [2.05, 4.69) is 22.2 Å². The largest absolute Gasteiger partial charge is 0.467 e. The summed E-state index contributed by atoms with van der Waals surface area (Å²) < 4.78 is 9.90. The van der Waals surface area contributed by atoms with Gasteiger partial charge in [-0.25, -0.2) is 4.79 Å². The summed E-state index contributed by atoms with van der Waals surface area (Å²) >= 11 is 0. The van der Waals surface area contributed by atoms with Crippen LogP contribution in [0.5, 0.6) is 0 Å². The van der Waals surface area contributed by atoms with Crippen LogP contribution in [0.4, 0.5) is 0 Å². The fourth-order valence-corrected chi connectivity index (χ4v) is 1.52. The molecule has 0 amide bonds. The minimum atomic E-state index is -0.482. The van der Waals surface area contributed by atoms with Crippen molar-refractivity contribution < 1.29 is 14.3 Å². The molecule has 4 heteroatoms. The second kappa shape index (κ2) is 8.66. The Kier molecular flexibility index (Phi) is 7.06. The highest BCUT2D eigenvalue weighted by Gasteiger charge is 2.12. The molecular weight excluding hydrogens is 230 g/mol. The topological polar surface area (TPSA) is 47.6 Å². The molecule has 0 saturated carbocycles. The van der Waals surface area contributed by atoms with E-state index in [1.54, 1.807) is 6.92 Å².